The maximum atomic E-state index is 11.9. The van der Waals surface area contributed by atoms with E-state index in [1.165, 1.54) is 7.11 Å². The lowest BCUT2D eigenvalue weighted by Crippen LogP contribution is -2.00. The van der Waals surface area contributed by atoms with Crippen LogP contribution in [0.25, 0.3) is 17.5 Å². The number of benzene rings is 2. The second-order valence-corrected chi connectivity index (χ2v) is 8.67. The maximum Gasteiger partial charge on any atom is 0.342 e. The van der Waals surface area contributed by atoms with E-state index in [0.717, 1.165) is 34.2 Å². The second kappa shape index (κ2) is 10.1. The Morgan fingerprint density at radius 2 is 1.88 bits per heavy atom. The molecule has 3 rings (SSSR count). The lowest BCUT2D eigenvalue weighted by molar-refractivity contribution is -0.131. The molecule has 32 heavy (non-hydrogen) atoms. The number of nitrogens with zero attached hydrogens (tertiary/aromatic N) is 2. The van der Waals surface area contributed by atoms with Gasteiger partial charge in [0.15, 0.2) is 0 Å². The summed E-state index contributed by atoms with van der Waals surface area (Å²) >= 11 is 6.95. The fourth-order valence-corrected chi connectivity index (χ4v) is 3.91. The zero-order valence-corrected chi connectivity index (χ0v) is 19.9. The average Bonchev–Trinajstić information content (AvgIpc) is 3.22. The van der Waals surface area contributed by atoms with Crippen LogP contribution in [0.1, 0.15) is 36.5 Å². The molecule has 0 bridgehead atoms. The molecule has 3 aromatic rings. The third kappa shape index (κ3) is 5.26. The van der Waals surface area contributed by atoms with Crippen molar-refractivity contribution in [2.45, 2.75) is 31.9 Å². The summed E-state index contributed by atoms with van der Waals surface area (Å²) in [5, 5.41) is 18.3. The SMILES string of the molecule is COc1ccc(Cl)cc1-c1nnc(S/C(=C\c2cc(C(C)C)c(OC)cc2C)C(=O)O)o1. The normalized spacial score (nSPS) is 11.7. The highest BCUT2D eigenvalue weighted by molar-refractivity contribution is 8.03. The molecule has 0 aliphatic carbocycles. The van der Waals surface area contributed by atoms with E-state index in [1.54, 1.807) is 31.4 Å². The van der Waals surface area contributed by atoms with Crippen LogP contribution >= 0.6 is 23.4 Å². The minimum atomic E-state index is -1.10. The van der Waals surface area contributed by atoms with Gasteiger partial charge in [-0.05, 0) is 77.7 Å². The summed E-state index contributed by atoms with van der Waals surface area (Å²) in [6.45, 7) is 6.01. The van der Waals surface area contributed by atoms with E-state index in [-0.39, 0.29) is 21.9 Å². The van der Waals surface area contributed by atoms with Crippen LogP contribution in [0.4, 0.5) is 0 Å². The van der Waals surface area contributed by atoms with E-state index in [2.05, 4.69) is 24.0 Å². The van der Waals surface area contributed by atoms with Crippen LogP contribution in [-0.4, -0.2) is 35.5 Å². The molecule has 0 aliphatic heterocycles. The number of ether oxygens (including phenoxy) is 2. The van der Waals surface area contributed by atoms with Crippen molar-refractivity contribution in [2.75, 3.05) is 14.2 Å². The number of aliphatic carboxylic acids is 1. The number of aryl methyl sites for hydroxylation is 1. The molecule has 0 unspecified atom stereocenters. The lowest BCUT2D eigenvalue weighted by Gasteiger charge is -2.15. The molecular formula is C23H23ClN2O5S. The summed E-state index contributed by atoms with van der Waals surface area (Å²) in [5.41, 5.74) is 3.18. The van der Waals surface area contributed by atoms with Crippen molar-refractivity contribution in [1.29, 1.82) is 0 Å². The van der Waals surface area contributed by atoms with E-state index in [9.17, 15) is 9.90 Å². The lowest BCUT2D eigenvalue weighted by atomic mass is 9.96. The number of halogens is 1. The largest absolute Gasteiger partial charge is 0.496 e. The minimum absolute atomic E-state index is 0.0428. The second-order valence-electron chi connectivity index (χ2n) is 7.24. The van der Waals surface area contributed by atoms with Crippen LogP contribution in [0.15, 0.2) is 44.9 Å². The average molecular weight is 475 g/mol. The molecule has 0 fully saturated rings. The summed E-state index contributed by atoms with van der Waals surface area (Å²) < 4.78 is 16.5. The fraction of sp³-hybridized carbons (Fsp3) is 0.261. The molecule has 1 heterocycles. The molecule has 7 nitrogen and oxygen atoms in total. The molecule has 2 aromatic carbocycles. The summed E-state index contributed by atoms with van der Waals surface area (Å²) in [7, 11) is 3.14. The molecular weight excluding hydrogens is 452 g/mol. The van der Waals surface area contributed by atoms with E-state index in [4.69, 9.17) is 25.5 Å². The van der Waals surface area contributed by atoms with Gasteiger partial charge in [0.25, 0.3) is 11.1 Å². The molecule has 0 radical (unpaired) electrons. The monoisotopic (exact) mass is 474 g/mol. The van der Waals surface area contributed by atoms with Gasteiger partial charge in [-0.2, -0.15) is 0 Å². The van der Waals surface area contributed by atoms with Crippen molar-refractivity contribution in [3.05, 3.63) is 56.9 Å². The van der Waals surface area contributed by atoms with Gasteiger partial charge in [-0.1, -0.05) is 25.4 Å². The first-order valence-electron chi connectivity index (χ1n) is 9.72. The van der Waals surface area contributed by atoms with Crippen molar-refractivity contribution in [1.82, 2.24) is 10.2 Å². The molecule has 168 valence electrons. The van der Waals surface area contributed by atoms with Crippen molar-refractivity contribution in [3.63, 3.8) is 0 Å². The molecule has 0 amide bonds. The van der Waals surface area contributed by atoms with Gasteiger partial charge < -0.3 is 19.0 Å². The van der Waals surface area contributed by atoms with E-state index in [1.807, 2.05) is 19.1 Å². The third-order valence-corrected chi connectivity index (χ3v) is 5.82. The van der Waals surface area contributed by atoms with Crippen LogP contribution in [0.5, 0.6) is 11.5 Å². The van der Waals surface area contributed by atoms with Gasteiger partial charge >= 0.3 is 5.97 Å². The van der Waals surface area contributed by atoms with Crippen LogP contribution in [0, 0.1) is 6.92 Å². The Hall–Kier alpha value is -2.97. The van der Waals surface area contributed by atoms with Crippen LogP contribution in [0.2, 0.25) is 5.02 Å². The first-order valence-corrected chi connectivity index (χ1v) is 10.9. The van der Waals surface area contributed by atoms with Crippen molar-refractivity contribution in [3.8, 4) is 23.0 Å². The third-order valence-electron chi connectivity index (χ3n) is 4.73. The van der Waals surface area contributed by atoms with Gasteiger partial charge in [0.2, 0.25) is 0 Å². The zero-order chi connectivity index (χ0) is 23.4. The number of rotatable bonds is 8. The van der Waals surface area contributed by atoms with Gasteiger partial charge in [0, 0.05) is 5.02 Å². The van der Waals surface area contributed by atoms with E-state index >= 15 is 0 Å². The number of thioether (sulfide) groups is 1. The number of carboxylic acids is 1. The van der Waals surface area contributed by atoms with Crippen molar-refractivity contribution >= 4 is 35.4 Å². The number of aromatic nitrogens is 2. The smallest absolute Gasteiger partial charge is 0.342 e. The molecule has 1 N–H and O–H groups in total. The Bertz CT molecular complexity index is 1170. The van der Waals surface area contributed by atoms with Crippen LogP contribution in [-0.2, 0) is 4.79 Å². The van der Waals surface area contributed by atoms with Gasteiger partial charge in [-0.25, -0.2) is 4.79 Å². The van der Waals surface area contributed by atoms with Gasteiger partial charge in [-0.3, -0.25) is 0 Å². The van der Waals surface area contributed by atoms with Gasteiger partial charge in [-0.15, -0.1) is 10.2 Å². The van der Waals surface area contributed by atoms with Crippen molar-refractivity contribution in [2.24, 2.45) is 0 Å². The minimum Gasteiger partial charge on any atom is -0.496 e. The fourth-order valence-electron chi connectivity index (χ4n) is 3.08. The Kier molecular flexibility index (Phi) is 7.48. The number of hydrogen-bond donors (Lipinski definition) is 1. The van der Waals surface area contributed by atoms with E-state index in [0.29, 0.717) is 16.3 Å². The first-order chi connectivity index (χ1) is 15.2. The zero-order valence-electron chi connectivity index (χ0n) is 18.3. The Balaban J connectivity index is 1.96. The van der Waals surface area contributed by atoms with Gasteiger partial charge in [0.05, 0.1) is 19.8 Å². The molecule has 9 heteroatoms. The Morgan fingerprint density at radius 3 is 2.50 bits per heavy atom. The molecule has 0 aliphatic rings. The highest BCUT2D eigenvalue weighted by atomic mass is 35.5. The number of methoxy groups -OCH3 is 2. The molecule has 0 saturated heterocycles. The number of hydrogen-bond acceptors (Lipinski definition) is 7. The number of carboxylic acid groups (broad SMARTS) is 1. The summed E-state index contributed by atoms with van der Waals surface area (Å²) in [5.74, 6) is 0.579. The van der Waals surface area contributed by atoms with E-state index < -0.39 is 5.97 Å². The Labute approximate surface area is 195 Å². The highest BCUT2D eigenvalue weighted by Gasteiger charge is 2.19. The molecule has 0 atom stereocenters. The summed E-state index contributed by atoms with van der Waals surface area (Å²) in [6.07, 6.45) is 1.59. The quantitative estimate of drug-likeness (QED) is 0.311. The first kappa shape index (κ1) is 23.7. The van der Waals surface area contributed by atoms with Crippen LogP contribution in [0.3, 0.4) is 0 Å². The Morgan fingerprint density at radius 1 is 1.16 bits per heavy atom. The number of carbonyl (C=O) groups is 1. The molecule has 0 spiro atoms. The van der Waals surface area contributed by atoms with Crippen LogP contribution < -0.4 is 9.47 Å². The topological polar surface area (TPSA) is 94.7 Å². The highest BCUT2D eigenvalue weighted by Crippen LogP contribution is 2.36. The van der Waals surface area contributed by atoms with Gasteiger partial charge in [0.1, 0.15) is 16.4 Å². The predicted octanol–water partition coefficient (Wildman–Crippen LogP) is 6.06. The molecule has 1 aromatic heterocycles. The molecule has 0 saturated carbocycles. The maximum absolute atomic E-state index is 11.9. The summed E-state index contributed by atoms with van der Waals surface area (Å²) in [6, 6.07) is 8.87. The standard InChI is InChI=1S/C23H23ClN2O5S/c1-12(2)16-9-14(13(3)8-19(16)30-5)10-20(22(27)28)32-23-26-25-21(31-23)17-11-15(24)6-7-18(17)29-4/h6-12H,1-5H3,(H,27,28)/b20-10-. The predicted molar refractivity (Wildman–Crippen MR) is 125 cm³/mol. The van der Waals surface area contributed by atoms with Crippen molar-refractivity contribution < 1.29 is 23.8 Å². The summed E-state index contributed by atoms with van der Waals surface area (Å²) in [4.78, 5) is 12.0.